The molecule has 2 aromatic rings. The number of nitrogens with two attached hydrogens (primary N) is 1. The highest BCUT2D eigenvalue weighted by Crippen LogP contribution is 2.34. The number of benzene rings is 1. The molecule has 0 saturated heterocycles. The lowest BCUT2D eigenvalue weighted by molar-refractivity contribution is 0.311. The summed E-state index contributed by atoms with van der Waals surface area (Å²) < 4.78 is 5.51. The fraction of sp³-hybridized carbons (Fsp3) is 0.471. The van der Waals surface area contributed by atoms with Crippen LogP contribution in [0.4, 0.5) is 5.82 Å². The maximum atomic E-state index is 6.01. The van der Waals surface area contributed by atoms with E-state index in [0.717, 1.165) is 29.2 Å². The van der Waals surface area contributed by atoms with Crippen LogP contribution in [0.2, 0.25) is 0 Å². The molecule has 1 fully saturated rings. The molecule has 1 saturated carbocycles. The van der Waals surface area contributed by atoms with E-state index in [4.69, 9.17) is 10.3 Å². The minimum atomic E-state index is 0.514. The van der Waals surface area contributed by atoms with Crippen molar-refractivity contribution < 1.29 is 4.52 Å². The Bertz CT molecular complexity index is 565. The van der Waals surface area contributed by atoms with Crippen LogP contribution >= 0.6 is 0 Å². The topological polar surface area (TPSA) is 52.0 Å². The fourth-order valence-corrected chi connectivity index (χ4v) is 3.16. The van der Waals surface area contributed by atoms with Crippen LogP contribution in [-0.4, -0.2) is 5.16 Å². The Labute approximate surface area is 120 Å². The van der Waals surface area contributed by atoms with Crippen molar-refractivity contribution >= 4 is 5.82 Å². The van der Waals surface area contributed by atoms with E-state index in [1.165, 1.54) is 37.7 Å². The maximum Gasteiger partial charge on any atom is 0.175 e. The molecule has 0 aliphatic heterocycles. The molecule has 0 unspecified atom stereocenters. The molecule has 0 bridgehead atoms. The van der Waals surface area contributed by atoms with Gasteiger partial charge in [0.2, 0.25) is 0 Å². The minimum absolute atomic E-state index is 0.514. The first-order valence-corrected chi connectivity index (χ1v) is 7.55. The lowest BCUT2D eigenvalue weighted by Gasteiger charge is -2.20. The number of rotatable bonds is 3. The summed E-state index contributed by atoms with van der Waals surface area (Å²) in [4.78, 5) is 0. The van der Waals surface area contributed by atoms with Crippen molar-refractivity contribution in [3.8, 4) is 11.1 Å². The summed E-state index contributed by atoms with van der Waals surface area (Å²) in [6, 6.07) is 8.41. The maximum absolute atomic E-state index is 6.01. The van der Waals surface area contributed by atoms with E-state index in [2.05, 4.69) is 36.3 Å². The molecule has 1 aromatic heterocycles. The fourth-order valence-electron chi connectivity index (χ4n) is 3.16. The van der Waals surface area contributed by atoms with Crippen LogP contribution < -0.4 is 5.73 Å². The standard InChI is InChI=1S/C17H22N2O/c1-12-7-9-14(10-8-12)16-15(20-19-17(16)18)11-13-5-3-2-4-6-13/h7-10,13H,2-6,11H2,1H3,(H2,18,19). The molecule has 2 N–H and O–H groups in total. The highest BCUT2D eigenvalue weighted by Gasteiger charge is 2.21. The second-order valence-electron chi connectivity index (χ2n) is 5.94. The van der Waals surface area contributed by atoms with E-state index in [9.17, 15) is 0 Å². The van der Waals surface area contributed by atoms with Crippen LogP contribution in [0.3, 0.4) is 0 Å². The number of nitrogens with zero attached hydrogens (tertiary/aromatic N) is 1. The summed E-state index contributed by atoms with van der Waals surface area (Å²) in [5.41, 5.74) is 9.37. The predicted octanol–water partition coefficient (Wildman–Crippen LogP) is 4.36. The quantitative estimate of drug-likeness (QED) is 0.901. The van der Waals surface area contributed by atoms with Crippen LogP contribution in [-0.2, 0) is 6.42 Å². The Morgan fingerprint density at radius 1 is 1.15 bits per heavy atom. The second kappa shape index (κ2) is 5.70. The second-order valence-corrected chi connectivity index (χ2v) is 5.94. The molecule has 3 heteroatoms. The van der Waals surface area contributed by atoms with Gasteiger partial charge in [-0.25, -0.2) is 0 Å². The van der Waals surface area contributed by atoms with Crippen molar-refractivity contribution in [2.24, 2.45) is 5.92 Å². The van der Waals surface area contributed by atoms with Crippen molar-refractivity contribution in [3.05, 3.63) is 35.6 Å². The van der Waals surface area contributed by atoms with Gasteiger partial charge in [0.05, 0.1) is 5.56 Å². The van der Waals surface area contributed by atoms with Gasteiger partial charge in [0.15, 0.2) is 5.82 Å². The Morgan fingerprint density at radius 3 is 2.55 bits per heavy atom. The van der Waals surface area contributed by atoms with Crippen molar-refractivity contribution in [1.82, 2.24) is 5.16 Å². The highest BCUT2D eigenvalue weighted by molar-refractivity contribution is 5.75. The molecular weight excluding hydrogens is 248 g/mol. The zero-order chi connectivity index (χ0) is 13.9. The number of aromatic nitrogens is 1. The summed E-state index contributed by atoms with van der Waals surface area (Å²) in [5.74, 6) is 2.19. The van der Waals surface area contributed by atoms with Crippen molar-refractivity contribution in [1.29, 1.82) is 0 Å². The largest absolute Gasteiger partial charge is 0.380 e. The molecule has 106 valence electrons. The van der Waals surface area contributed by atoms with Gasteiger partial charge in [-0.2, -0.15) is 0 Å². The van der Waals surface area contributed by atoms with Crippen LogP contribution in [0.5, 0.6) is 0 Å². The summed E-state index contributed by atoms with van der Waals surface area (Å²) in [7, 11) is 0. The van der Waals surface area contributed by atoms with E-state index in [0.29, 0.717) is 5.82 Å². The normalized spacial score (nSPS) is 16.4. The zero-order valence-corrected chi connectivity index (χ0v) is 12.1. The van der Waals surface area contributed by atoms with Crippen molar-refractivity contribution in [2.75, 3.05) is 5.73 Å². The summed E-state index contributed by atoms with van der Waals surface area (Å²) in [6.45, 7) is 2.09. The third-order valence-electron chi connectivity index (χ3n) is 4.33. The van der Waals surface area contributed by atoms with E-state index < -0.39 is 0 Å². The molecule has 3 rings (SSSR count). The Kier molecular flexibility index (Phi) is 3.77. The Hall–Kier alpha value is -1.77. The molecule has 20 heavy (non-hydrogen) atoms. The van der Waals surface area contributed by atoms with Crippen LogP contribution in [0.15, 0.2) is 28.8 Å². The number of hydrogen-bond donors (Lipinski definition) is 1. The molecule has 1 heterocycles. The van der Waals surface area contributed by atoms with Gasteiger partial charge < -0.3 is 10.3 Å². The SMILES string of the molecule is Cc1ccc(-c2c(N)noc2CC2CCCCC2)cc1. The van der Waals surface area contributed by atoms with Gasteiger partial charge in [-0.05, 0) is 18.4 Å². The monoisotopic (exact) mass is 270 g/mol. The van der Waals surface area contributed by atoms with Gasteiger partial charge in [0.1, 0.15) is 5.76 Å². The van der Waals surface area contributed by atoms with E-state index in [1.807, 2.05) is 0 Å². The van der Waals surface area contributed by atoms with Crippen molar-refractivity contribution in [2.45, 2.75) is 45.4 Å². The molecule has 1 aliphatic rings. The average Bonchev–Trinajstić information content (AvgIpc) is 2.82. The first kappa shape index (κ1) is 13.2. The third kappa shape index (κ3) is 2.72. The number of hydrogen-bond acceptors (Lipinski definition) is 3. The zero-order valence-electron chi connectivity index (χ0n) is 12.1. The van der Waals surface area contributed by atoms with Crippen LogP contribution in [0.25, 0.3) is 11.1 Å². The molecular formula is C17H22N2O. The van der Waals surface area contributed by atoms with E-state index in [-0.39, 0.29) is 0 Å². The first-order valence-electron chi connectivity index (χ1n) is 7.55. The van der Waals surface area contributed by atoms with Gasteiger partial charge in [0.25, 0.3) is 0 Å². The number of aryl methyl sites for hydroxylation is 1. The van der Waals surface area contributed by atoms with Gasteiger partial charge in [0, 0.05) is 6.42 Å². The van der Waals surface area contributed by atoms with Crippen LogP contribution in [0, 0.1) is 12.8 Å². The predicted molar refractivity (Wildman–Crippen MR) is 81.4 cm³/mol. The van der Waals surface area contributed by atoms with Crippen LogP contribution in [0.1, 0.15) is 43.4 Å². The molecule has 0 spiro atoms. The minimum Gasteiger partial charge on any atom is -0.380 e. The lowest BCUT2D eigenvalue weighted by Crippen LogP contribution is -2.09. The summed E-state index contributed by atoms with van der Waals surface area (Å²) in [6.07, 6.45) is 7.62. The molecule has 0 radical (unpaired) electrons. The highest BCUT2D eigenvalue weighted by atomic mass is 16.5. The smallest absolute Gasteiger partial charge is 0.175 e. The summed E-state index contributed by atoms with van der Waals surface area (Å²) >= 11 is 0. The first-order chi connectivity index (χ1) is 9.74. The Balaban J connectivity index is 1.86. The Morgan fingerprint density at radius 2 is 1.85 bits per heavy atom. The van der Waals surface area contributed by atoms with Gasteiger partial charge in [-0.15, -0.1) is 0 Å². The average molecular weight is 270 g/mol. The molecule has 1 aliphatic carbocycles. The van der Waals surface area contributed by atoms with Gasteiger partial charge in [-0.1, -0.05) is 67.1 Å². The lowest BCUT2D eigenvalue weighted by atomic mass is 9.85. The molecule has 1 aromatic carbocycles. The molecule has 0 atom stereocenters. The van der Waals surface area contributed by atoms with Crippen molar-refractivity contribution in [3.63, 3.8) is 0 Å². The number of nitrogen functional groups attached to an aromatic ring is 1. The summed E-state index contributed by atoms with van der Waals surface area (Å²) in [5, 5.41) is 3.98. The number of anilines is 1. The van der Waals surface area contributed by atoms with E-state index in [1.54, 1.807) is 0 Å². The molecule has 0 amide bonds. The third-order valence-corrected chi connectivity index (χ3v) is 4.33. The van der Waals surface area contributed by atoms with Gasteiger partial charge >= 0.3 is 0 Å². The van der Waals surface area contributed by atoms with Gasteiger partial charge in [-0.3, -0.25) is 0 Å². The molecule has 3 nitrogen and oxygen atoms in total. The van der Waals surface area contributed by atoms with E-state index >= 15 is 0 Å².